The number of aryl methyl sites for hydroxylation is 2. The molecular formula is C30H27NO2S2. The van der Waals surface area contributed by atoms with E-state index in [4.69, 9.17) is 12.2 Å². The molecule has 0 unspecified atom stereocenters. The maximum atomic E-state index is 13.4. The molecule has 1 heterocycles. The molecule has 3 aromatic rings. The summed E-state index contributed by atoms with van der Waals surface area (Å²) < 4.78 is 0.617. The summed E-state index contributed by atoms with van der Waals surface area (Å²) in [6, 6.07) is 25.5. The summed E-state index contributed by atoms with van der Waals surface area (Å²) in [4.78, 5) is 28.0. The Hall–Kier alpha value is -3.28. The number of piperidine rings is 1. The summed E-state index contributed by atoms with van der Waals surface area (Å²) in [5, 5.41) is 0. The Bertz CT molecular complexity index is 1220. The Balaban J connectivity index is 1.57. The molecule has 4 rings (SSSR count). The number of thiocarbonyl (C=S) groups is 1. The molecule has 0 bridgehead atoms. The highest BCUT2D eigenvalue weighted by Gasteiger charge is 2.28. The summed E-state index contributed by atoms with van der Waals surface area (Å²) >= 11 is 7.07. The van der Waals surface area contributed by atoms with Gasteiger partial charge in [-0.25, -0.2) is 0 Å². The molecule has 0 N–H and O–H groups in total. The third-order valence-corrected chi connectivity index (χ3v) is 7.35. The van der Waals surface area contributed by atoms with Crippen LogP contribution in [0.2, 0.25) is 0 Å². The Morgan fingerprint density at radius 2 is 1.31 bits per heavy atom. The average molecular weight is 498 g/mol. The predicted molar refractivity (Wildman–Crippen MR) is 151 cm³/mol. The molecule has 1 fully saturated rings. The van der Waals surface area contributed by atoms with Crippen LogP contribution < -0.4 is 0 Å². The molecular weight excluding hydrogens is 470 g/mol. The third-order valence-electron chi connectivity index (χ3n) is 5.82. The largest absolute Gasteiger partial charge is 0.349 e. The zero-order chi connectivity index (χ0) is 24.8. The fourth-order valence-electron chi connectivity index (χ4n) is 3.82. The van der Waals surface area contributed by atoms with E-state index in [1.54, 1.807) is 0 Å². The van der Waals surface area contributed by atoms with Gasteiger partial charge in [0, 0.05) is 29.8 Å². The maximum Gasteiger partial charge on any atom is 0.188 e. The van der Waals surface area contributed by atoms with Gasteiger partial charge < -0.3 is 4.90 Å². The molecule has 0 saturated carbocycles. The summed E-state index contributed by atoms with van der Waals surface area (Å²) in [5.74, 6) is 0.342. The molecule has 0 aliphatic carbocycles. The number of Topliss-reactive ketones (excluding diaryl/α,β-unsaturated/α-hetero) is 2. The van der Waals surface area contributed by atoms with Crippen LogP contribution in [0.3, 0.4) is 0 Å². The van der Waals surface area contributed by atoms with E-state index in [2.05, 4.69) is 0 Å². The minimum atomic E-state index is 0.0376. The number of likely N-dealkylation sites (tertiary alicyclic amines) is 1. The van der Waals surface area contributed by atoms with Crippen molar-refractivity contribution in [1.82, 2.24) is 4.90 Å². The SMILES string of the molecule is Cc1ccc(/C=C2\CN(C(=S)SCC(=O)c3ccccc3)C/C(=C\c3ccc(C)cc3)C2=O)cc1. The topological polar surface area (TPSA) is 37.4 Å². The maximum absolute atomic E-state index is 13.4. The van der Waals surface area contributed by atoms with E-state index in [1.807, 2.05) is 110 Å². The zero-order valence-electron chi connectivity index (χ0n) is 19.9. The Kier molecular flexibility index (Phi) is 8.11. The van der Waals surface area contributed by atoms with Crippen LogP contribution in [-0.4, -0.2) is 39.6 Å². The van der Waals surface area contributed by atoms with E-state index in [0.717, 1.165) is 11.1 Å². The fraction of sp³-hybridized carbons (Fsp3) is 0.167. The zero-order valence-corrected chi connectivity index (χ0v) is 21.5. The van der Waals surface area contributed by atoms with Crippen LogP contribution >= 0.6 is 24.0 Å². The van der Waals surface area contributed by atoms with Crippen LogP contribution in [0.15, 0.2) is 90.0 Å². The molecule has 1 saturated heterocycles. The van der Waals surface area contributed by atoms with Crippen LogP contribution in [0.1, 0.15) is 32.6 Å². The number of benzene rings is 3. The molecule has 0 radical (unpaired) electrons. The van der Waals surface area contributed by atoms with E-state index in [9.17, 15) is 9.59 Å². The van der Waals surface area contributed by atoms with Crippen molar-refractivity contribution in [2.75, 3.05) is 18.8 Å². The quantitative estimate of drug-likeness (QED) is 0.227. The van der Waals surface area contributed by atoms with Crippen LogP contribution in [0.5, 0.6) is 0 Å². The lowest BCUT2D eigenvalue weighted by molar-refractivity contribution is -0.113. The van der Waals surface area contributed by atoms with E-state index in [1.165, 1.54) is 22.9 Å². The molecule has 5 heteroatoms. The van der Waals surface area contributed by atoms with Gasteiger partial charge in [-0.05, 0) is 37.1 Å². The number of rotatable bonds is 5. The lowest BCUT2D eigenvalue weighted by atomic mass is 9.94. The first-order valence-electron chi connectivity index (χ1n) is 11.5. The second-order valence-electron chi connectivity index (χ2n) is 8.69. The van der Waals surface area contributed by atoms with Crippen molar-refractivity contribution in [2.24, 2.45) is 0 Å². The van der Waals surface area contributed by atoms with Crippen LogP contribution in [-0.2, 0) is 4.79 Å². The fourth-order valence-corrected chi connectivity index (χ4v) is 4.86. The number of carbonyl (C=O) groups is 2. The van der Waals surface area contributed by atoms with Crippen molar-refractivity contribution >= 4 is 52.0 Å². The van der Waals surface area contributed by atoms with Crippen LogP contribution in [0, 0.1) is 13.8 Å². The van der Waals surface area contributed by atoms with E-state index < -0.39 is 0 Å². The number of hydrogen-bond donors (Lipinski definition) is 0. The highest BCUT2D eigenvalue weighted by atomic mass is 32.2. The second kappa shape index (κ2) is 11.4. The average Bonchev–Trinajstić information content (AvgIpc) is 2.87. The molecule has 3 nitrogen and oxygen atoms in total. The van der Waals surface area contributed by atoms with Gasteiger partial charge >= 0.3 is 0 Å². The van der Waals surface area contributed by atoms with E-state index >= 15 is 0 Å². The summed E-state index contributed by atoms with van der Waals surface area (Å²) in [5.41, 5.74) is 6.36. The lowest BCUT2D eigenvalue weighted by Crippen LogP contribution is -2.40. The van der Waals surface area contributed by atoms with Gasteiger partial charge in [-0.3, -0.25) is 9.59 Å². The van der Waals surface area contributed by atoms with Crippen molar-refractivity contribution < 1.29 is 9.59 Å². The highest BCUT2D eigenvalue weighted by molar-refractivity contribution is 8.23. The summed E-state index contributed by atoms with van der Waals surface area (Å²) in [6.45, 7) is 4.92. The first kappa shape index (κ1) is 24.8. The number of thioether (sulfide) groups is 1. The van der Waals surface area contributed by atoms with Crippen molar-refractivity contribution in [3.05, 3.63) is 118 Å². The van der Waals surface area contributed by atoms with Crippen molar-refractivity contribution in [2.45, 2.75) is 13.8 Å². The molecule has 0 aromatic heterocycles. The molecule has 0 atom stereocenters. The summed E-state index contributed by atoms with van der Waals surface area (Å²) in [7, 11) is 0. The first-order chi connectivity index (χ1) is 16.9. The van der Waals surface area contributed by atoms with Crippen molar-refractivity contribution in [3.8, 4) is 0 Å². The first-order valence-corrected chi connectivity index (χ1v) is 12.9. The molecule has 0 spiro atoms. The highest BCUT2D eigenvalue weighted by Crippen LogP contribution is 2.25. The molecule has 1 aliphatic rings. The van der Waals surface area contributed by atoms with E-state index in [-0.39, 0.29) is 17.3 Å². The van der Waals surface area contributed by atoms with Crippen LogP contribution in [0.25, 0.3) is 12.2 Å². The van der Waals surface area contributed by atoms with Crippen LogP contribution in [0.4, 0.5) is 0 Å². The summed E-state index contributed by atoms with van der Waals surface area (Å²) in [6.07, 6.45) is 3.89. The minimum Gasteiger partial charge on any atom is -0.349 e. The van der Waals surface area contributed by atoms with Gasteiger partial charge in [0.15, 0.2) is 11.6 Å². The minimum absolute atomic E-state index is 0.0376. The number of nitrogens with zero attached hydrogens (tertiary/aromatic N) is 1. The molecule has 0 amide bonds. The number of carbonyl (C=O) groups excluding carboxylic acids is 2. The van der Waals surface area contributed by atoms with Gasteiger partial charge in [0.25, 0.3) is 0 Å². The van der Waals surface area contributed by atoms with Gasteiger partial charge in [-0.2, -0.15) is 0 Å². The second-order valence-corrected chi connectivity index (χ2v) is 10.3. The molecule has 35 heavy (non-hydrogen) atoms. The van der Waals surface area contributed by atoms with Gasteiger partial charge in [-0.1, -0.05) is 114 Å². The normalized spacial score (nSPS) is 16.1. The molecule has 3 aromatic carbocycles. The predicted octanol–water partition coefficient (Wildman–Crippen LogP) is 6.56. The van der Waals surface area contributed by atoms with Gasteiger partial charge in [0.2, 0.25) is 0 Å². The Morgan fingerprint density at radius 3 is 1.80 bits per heavy atom. The number of hydrogen-bond acceptors (Lipinski definition) is 4. The Labute approximate surface area is 216 Å². The van der Waals surface area contributed by atoms with E-state index in [0.29, 0.717) is 34.1 Å². The van der Waals surface area contributed by atoms with Crippen molar-refractivity contribution in [3.63, 3.8) is 0 Å². The monoisotopic (exact) mass is 497 g/mol. The standard InChI is InChI=1S/C30H27NO2S2/c1-21-8-12-23(13-9-21)16-26-18-31(30(34)35-20-28(32)25-6-4-3-5-7-25)19-27(29(26)33)17-24-14-10-22(2)11-15-24/h3-17H,18-20H2,1-2H3/b26-16+,27-17+. The smallest absolute Gasteiger partial charge is 0.188 e. The Morgan fingerprint density at radius 1 is 0.829 bits per heavy atom. The van der Waals surface area contributed by atoms with Gasteiger partial charge in [0.05, 0.1) is 5.75 Å². The lowest BCUT2D eigenvalue weighted by Gasteiger charge is -2.31. The van der Waals surface area contributed by atoms with Gasteiger partial charge in [-0.15, -0.1) is 0 Å². The third kappa shape index (κ3) is 6.65. The van der Waals surface area contributed by atoms with Gasteiger partial charge in [0.1, 0.15) is 4.32 Å². The van der Waals surface area contributed by atoms with Crippen molar-refractivity contribution in [1.29, 1.82) is 0 Å². The molecule has 1 aliphatic heterocycles. The number of ketones is 2. The molecule has 176 valence electrons.